The largest absolute Gasteiger partial charge is 0.360 e. The van der Waals surface area contributed by atoms with Gasteiger partial charge in [0.25, 0.3) is 0 Å². The van der Waals surface area contributed by atoms with E-state index in [0.29, 0.717) is 5.92 Å². The lowest BCUT2D eigenvalue weighted by molar-refractivity contribution is -0.119. The molecule has 0 N–H and O–H groups in total. The highest BCUT2D eigenvalue weighted by atomic mass is 35.5. The second kappa shape index (κ2) is 7.09. The Labute approximate surface area is 125 Å². The maximum atomic E-state index is 12.3. The maximum Gasteiger partial charge on any atom is 0.246 e. The number of carbonyl (C=O) groups excluding carboxylic acids is 1. The van der Waals surface area contributed by atoms with Crippen LogP contribution in [0.1, 0.15) is 31.7 Å². The summed E-state index contributed by atoms with van der Waals surface area (Å²) in [7, 11) is 0. The quantitative estimate of drug-likeness (QED) is 0.591. The van der Waals surface area contributed by atoms with Crippen LogP contribution in [-0.2, 0) is 9.53 Å². The predicted molar refractivity (Wildman–Crippen MR) is 82.1 cm³/mol. The molecule has 20 heavy (non-hydrogen) atoms. The lowest BCUT2D eigenvalue weighted by Gasteiger charge is -2.29. The van der Waals surface area contributed by atoms with E-state index in [1.165, 1.54) is 19.3 Å². The number of rotatable bonds is 6. The number of para-hydroxylation sites is 1. The van der Waals surface area contributed by atoms with E-state index in [1.807, 2.05) is 31.2 Å². The van der Waals surface area contributed by atoms with Crippen LogP contribution in [0.15, 0.2) is 24.3 Å². The average molecular weight is 296 g/mol. The van der Waals surface area contributed by atoms with Gasteiger partial charge in [-0.2, -0.15) is 0 Å². The van der Waals surface area contributed by atoms with Crippen molar-refractivity contribution in [1.82, 2.24) is 0 Å². The van der Waals surface area contributed by atoms with Crippen molar-refractivity contribution >= 4 is 23.2 Å². The van der Waals surface area contributed by atoms with E-state index < -0.39 is 5.38 Å². The third kappa shape index (κ3) is 3.74. The summed E-state index contributed by atoms with van der Waals surface area (Å²) in [6.45, 7) is 4.69. The van der Waals surface area contributed by atoms with Crippen molar-refractivity contribution in [2.75, 3.05) is 18.2 Å². The van der Waals surface area contributed by atoms with Crippen molar-refractivity contribution in [2.24, 2.45) is 5.92 Å². The fourth-order valence-corrected chi connectivity index (χ4v) is 2.42. The number of hydrogen-bond acceptors (Lipinski definition) is 2. The number of halogens is 1. The lowest BCUT2D eigenvalue weighted by atomic mass is 9.86. The molecular weight excluding hydrogens is 274 g/mol. The van der Waals surface area contributed by atoms with Gasteiger partial charge in [0, 0.05) is 5.69 Å². The highest BCUT2D eigenvalue weighted by Gasteiger charge is 2.23. The van der Waals surface area contributed by atoms with E-state index in [-0.39, 0.29) is 12.6 Å². The van der Waals surface area contributed by atoms with Crippen LogP contribution >= 0.6 is 11.6 Å². The van der Waals surface area contributed by atoms with E-state index in [4.69, 9.17) is 16.3 Å². The molecule has 1 fully saturated rings. The molecule has 4 heteroatoms. The van der Waals surface area contributed by atoms with Crippen LogP contribution < -0.4 is 4.90 Å². The molecule has 1 saturated carbocycles. The Kier molecular flexibility index (Phi) is 5.44. The Bertz CT molecular complexity index is 458. The first kappa shape index (κ1) is 15.3. The zero-order chi connectivity index (χ0) is 14.5. The summed E-state index contributed by atoms with van der Waals surface area (Å²) in [5, 5.41) is -0.554. The van der Waals surface area contributed by atoms with Gasteiger partial charge in [-0.25, -0.2) is 0 Å². The molecule has 1 aromatic rings. The smallest absolute Gasteiger partial charge is 0.246 e. The number of hydrogen-bond donors (Lipinski definition) is 0. The van der Waals surface area contributed by atoms with Gasteiger partial charge < -0.3 is 4.74 Å². The minimum atomic E-state index is -0.554. The Morgan fingerprint density at radius 1 is 1.45 bits per heavy atom. The third-order valence-corrected chi connectivity index (χ3v) is 4.00. The number of anilines is 1. The molecule has 0 aromatic heterocycles. The lowest BCUT2D eigenvalue weighted by Crippen LogP contribution is -2.38. The molecule has 0 spiro atoms. The number of nitrogens with zero attached hydrogens (tertiary/aromatic N) is 1. The molecule has 2 rings (SSSR count). The first-order valence-electron chi connectivity index (χ1n) is 7.18. The standard InChI is InChI=1S/C16H22ClNO2/c1-12-6-3-4-9-15(12)18(16(19)13(2)17)11-20-10-14-7-5-8-14/h3-4,6,9,13-14H,5,7-8,10-11H2,1-2H3. The van der Waals surface area contributed by atoms with Crippen molar-refractivity contribution in [3.05, 3.63) is 29.8 Å². The SMILES string of the molecule is Cc1ccccc1N(COCC1CCC1)C(=O)C(C)Cl. The second-order valence-corrected chi connectivity index (χ2v) is 6.12. The molecule has 0 radical (unpaired) electrons. The van der Waals surface area contributed by atoms with Crippen molar-refractivity contribution in [2.45, 2.75) is 38.5 Å². The molecule has 1 aliphatic rings. The third-order valence-electron chi connectivity index (χ3n) is 3.81. The van der Waals surface area contributed by atoms with Crippen LogP contribution in [0, 0.1) is 12.8 Å². The normalized spacial score (nSPS) is 16.6. The van der Waals surface area contributed by atoms with Crippen molar-refractivity contribution in [3.63, 3.8) is 0 Å². The van der Waals surface area contributed by atoms with Gasteiger partial charge in [-0.15, -0.1) is 11.6 Å². The zero-order valence-electron chi connectivity index (χ0n) is 12.1. The fraction of sp³-hybridized carbons (Fsp3) is 0.562. The maximum absolute atomic E-state index is 12.3. The average Bonchev–Trinajstić information content (AvgIpc) is 2.37. The molecule has 0 saturated heterocycles. The minimum absolute atomic E-state index is 0.116. The van der Waals surface area contributed by atoms with Gasteiger partial charge in [-0.1, -0.05) is 24.6 Å². The van der Waals surface area contributed by atoms with Crippen LogP contribution in [-0.4, -0.2) is 24.6 Å². The van der Waals surface area contributed by atoms with Gasteiger partial charge in [-0.05, 0) is 44.2 Å². The summed E-state index contributed by atoms with van der Waals surface area (Å²) in [4.78, 5) is 13.9. The highest BCUT2D eigenvalue weighted by Crippen LogP contribution is 2.27. The van der Waals surface area contributed by atoms with Crippen molar-refractivity contribution in [1.29, 1.82) is 0 Å². The number of aryl methyl sites for hydroxylation is 1. The van der Waals surface area contributed by atoms with Crippen molar-refractivity contribution < 1.29 is 9.53 Å². The summed E-state index contributed by atoms with van der Waals surface area (Å²) in [6, 6.07) is 7.80. The number of benzene rings is 1. The molecule has 1 amide bonds. The van der Waals surface area contributed by atoms with Gasteiger partial charge in [-0.3, -0.25) is 9.69 Å². The molecule has 1 aromatic carbocycles. The van der Waals surface area contributed by atoms with Crippen LogP contribution in [0.3, 0.4) is 0 Å². The topological polar surface area (TPSA) is 29.5 Å². The van der Waals surface area contributed by atoms with Gasteiger partial charge >= 0.3 is 0 Å². The van der Waals surface area contributed by atoms with E-state index in [2.05, 4.69) is 0 Å². The molecular formula is C16H22ClNO2. The molecule has 0 bridgehead atoms. The Morgan fingerprint density at radius 2 is 2.15 bits per heavy atom. The number of amides is 1. The molecule has 110 valence electrons. The van der Waals surface area contributed by atoms with Gasteiger partial charge in [0.1, 0.15) is 12.1 Å². The van der Waals surface area contributed by atoms with Crippen LogP contribution in [0.25, 0.3) is 0 Å². The monoisotopic (exact) mass is 295 g/mol. The van der Waals surface area contributed by atoms with E-state index >= 15 is 0 Å². The van der Waals surface area contributed by atoms with Gasteiger partial charge in [0.2, 0.25) is 5.91 Å². The van der Waals surface area contributed by atoms with Gasteiger partial charge in [0.05, 0.1) is 6.61 Å². The second-order valence-electron chi connectivity index (χ2n) is 5.47. The molecule has 1 aliphatic carbocycles. The van der Waals surface area contributed by atoms with Crippen LogP contribution in [0.5, 0.6) is 0 Å². The predicted octanol–water partition coefficient (Wildman–Crippen LogP) is 3.73. The fourth-order valence-electron chi connectivity index (χ4n) is 2.30. The summed E-state index contributed by atoms with van der Waals surface area (Å²) >= 11 is 5.96. The molecule has 1 atom stereocenters. The number of alkyl halides is 1. The summed E-state index contributed by atoms with van der Waals surface area (Å²) in [6.07, 6.45) is 3.78. The summed E-state index contributed by atoms with van der Waals surface area (Å²) < 4.78 is 5.73. The molecule has 3 nitrogen and oxygen atoms in total. The Morgan fingerprint density at radius 3 is 2.70 bits per heavy atom. The van der Waals surface area contributed by atoms with Gasteiger partial charge in [0.15, 0.2) is 0 Å². The molecule has 0 heterocycles. The first-order valence-corrected chi connectivity index (χ1v) is 7.62. The summed E-state index contributed by atoms with van der Waals surface area (Å²) in [5.74, 6) is 0.548. The first-order chi connectivity index (χ1) is 9.59. The van der Waals surface area contributed by atoms with E-state index in [0.717, 1.165) is 17.9 Å². The van der Waals surface area contributed by atoms with Crippen LogP contribution in [0.4, 0.5) is 5.69 Å². The zero-order valence-corrected chi connectivity index (χ0v) is 12.9. The highest BCUT2D eigenvalue weighted by molar-refractivity contribution is 6.32. The minimum Gasteiger partial charge on any atom is -0.360 e. The van der Waals surface area contributed by atoms with Crippen molar-refractivity contribution in [3.8, 4) is 0 Å². The Hall–Kier alpha value is -1.06. The summed E-state index contributed by atoms with van der Waals surface area (Å²) in [5.41, 5.74) is 1.92. The number of carbonyl (C=O) groups is 1. The van der Waals surface area contributed by atoms with E-state index in [1.54, 1.807) is 11.8 Å². The molecule has 0 aliphatic heterocycles. The number of ether oxygens (including phenoxy) is 1. The van der Waals surface area contributed by atoms with Crippen LogP contribution in [0.2, 0.25) is 0 Å². The van der Waals surface area contributed by atoms with E-state index in [9.17, 15) is 4.79 Å². The Balaban J connectivity index is 2.04. The molecule has 1 unspecified atom stereocenters.